The van der Waals surface area contributed by atoms with E-state index in [4.69, 9.17) is 0 Å². The number of rotatable bonds is 4. The molecule has 0 radical (unpaired) electrons. The Kier molecular flexibility index (Phi) is 4.32. The molecule has 2 N–H and O–H groups in total. The molecular formula is C18H20N2O5. The summed E-state index contributed by atoms with van der Waals surface area (Å²) >= 11 is 0. The first-order chi connectivity index (χ1) is 11.8. The van der Waals surface area contributed by atoms with Crippen LogP contribution in [0.15, 0.2) is 35.4 Å². The van der Waals surface area contributed by atoms with Crippen molar-refractivity contribution in [2.24, 2.45) is 23.7 Å². The molecule has 1 aromatic rings. The third kappa shape index (κ3) is 2.90. The maximum Gasteiger partial charge on any atom is 0.307 e. The summed E-state index contributed by atoms with van der Waals surface area (Å²) in [4.78, 5) is 34.9. The van der Waals surface area contributed by atoms with Gasteiger partial charge in [-0.1, -0.05) is 17.2 Å². The topological polar surface area (TPSA) is 110 Å². The summed E-state index contributed by atoms with van der Waals surface area (Å²) in [5.74, 6) is -2.85. The first-order valence-electron chi connectivity index (χ1n) is 8.26. The SMILES string of the molecule is CC(C)=C1[C@H]2CC[C@H]1[C@@H](C(=O)Nc1cccc([N+](=O)[O-])c1)[C@@H]2C(=O)O. The molecule has 2 bridgehead atoms. The number of hydrogen-bond acceptors (Lipinski definition) is 4. The summed E-state index contributed by atoms with van der Waals surface area (Å²) in [6.45, 7) is 3.92. The van der Waals surface area contributed by atoms with Crippen LogP contribution in [0, 0.1) is 33.8 Å². The van der Waals surface area contributed by atoms with Crippen molar-refractivity contribution in [3.8, 4) is 0 Å². The van der Waals surface area contributed by atoms with Crippen molar-refractivity contribution in [2.45, 2.75) is 26.7 Å². The Labute approximate surface area is 144 Å². The molecule has 0 aliphatic heterocycles. The van der Waals surface area contributed by atoms with Crippen molar-refractivity contribution < 1.29 is 19.6 Å². The summed E-state index contributed by atoms with van der Waals surface area (Å²) in [6, 6.07) is 5.68. The van der Waals surface area contributed by atoms with Crippen LogP contribution < -0.4 is 5.32 Å². The van der Waals surface area contributed by atoms with E-state index in [1.54, 1.807) is 6.07 Å². The van der Waals surface area contributed by atoms with Gasteiger partial charge in [-0.2, -0.15) is 0 Å². The summed E-state index contributed by atoms with van der Waals surface area (Å²) in [5, 5.41) is 23.2. The number of hydrogen-bond donors (Lipinski definition) is 2. The number of benzene rings is 1. The lowest BCUT2D eigenvalue weighted by atomic mass is 9.78. The van der Waals surface area contributed by atoms with Crippen LogP contribution in [0.3, 0.4) is 0 Å². The maximum absolute atomic E-state index is 12.8. The van der Waals surface area contributed by atoms with E-state index in [1.165, 1.54) is 18.2 Å². The second kappa shape index (κ2) is 6.31. The molecule has 0 unspecified atom stereocenters. The van der Waals surface area contributed by atoms with Gasteiger partial charge in [0.2, 0.25) is 5.91 Å². The highest BCUT2D eigenvalue weighted by Gasteiger charge is 2.57. The zero-order valence-electron chi connectivity index (χ0n) is 14.1. The molecule has 2 saturated carbocycles. The Bertz CT molecular complexity index is 781. The van der Waals surface area contributed by atoms with Crippen molar-refractivity contribution in [2.75, 3.05) is 5.32 Å². The molecule has 7 heteroatoms. The minimum Gasteiger partial charge on any atom is -0.481 e. The van der Waals surface area contributed by atoms with Crippen molar-refractivity contribution in [3.63, 3.8) is 0 Å². The van der Waals surface area contributed by atoms with Gasteiger partial charge >= 0.3 is 5.97 Å². The molecule has 4 atom stereocenters. The average Bonchev–Trinajstić information content (AvgIpc) is 3.11. The summed E-state index contributed by atoms with van der Waals surface area (Å²) in [6.07, 6.45) is 1.60. The number of allylic oxidation sites excluding steroid dienone is 2. The zero-order chi connectivity index (χ0) is 18.3. The van der Waals surface area contributed by atoms with Crippen molar-refractivity contribution >= 4 is 23.3 Å². The van der Waals surface area contributed by atoms with E-state index in [-0.39, 0.29) is 23.4 Å². The van der Waals surface area contributed by atoms with E-state index in [2.05, 4.69) is 5.32 Å². The number of carboxylic acids is 1. The first-order valence-corrected chi connectivity index (χ1v) is 8.26. The summed E-state index contributed by atoms with van der Waals surface area (Å²) in [5.41, 5.74) is 2.38. The van der Waals surface area contributed by atoms with Gasteiger partial charge in [0, 0.05) is 17.8 Å². The van der Waals surface area contributed by atoms with E-state index < -0.39 is 22.7 Å². The fraction of sp³-hybridized carbons (Fsp3) is 0.444. The molecule has 0 spiro atoms. The normalized spacial score (nSPS) is 27.2. The monoisotopic (exact) mass is 344 g/mol. The van der Waals surface area contributed by atoms with Gasteiger partial charge in [0.25, 0.3) is 5.69 Å². The lowest BCUT2D eigenvalue weighted by Crippen LogP contribution is -2.37. The van der Waals surface area contributed by atoms with Gasteiger partial charge in [0.1, 0.15) is 0 Å². The number of nitrogens with zero attached hydrogens (tertiary/aromatic N) is 1. The summed E-state index contributed by atoms with van der Waals surface area (Å²) in [7, 11) is 0. The molecule has 1 amide bonds. The molecule has 1 aromatic carbocycles. The zero-order valence-corrected chi connectivity index (χ0v) is 14.1. The second-order valence-corrected chi connectivity index (χ2v) is 6.93. The molecule has 0 aromatic heterocycles. The fourth-order valence-corrected chi connectivity index (χ4v) is 4.53. The number of amides is 1. The predicted molar refractivity (Wildman–Crippen MR) is 90.9 cm³/mol. The van der Waals surface area contributed by atoms with Gasteiger partial charge in [-0.3, -0.25) is 19.7 Å². The lowest BCUT2D eigenvalue weighted by molar-refractivity contribution is -0.384. The van der Waals surface area contributed by atoms with Crippen molar-refractivity contribution in [3.05, 3.63) is 45.5 Å². The van der Waals surface area contributed by atoms with Crippen LogP contribution in [0.25, 0.3) is 0 Å². The van der Waals surface area contributed by atoms with Gasteiger partial charge in [-0.25, -0.2) is 0 Å². The van der Waals surface area contributed by atoms with E-state index in [1.807, 2.05) is 13.8 Å². The molecule has 2 fully saturated rings. The number of fused-ring (bicyclic) bond motifs is 2. The second-order valence-electron chi connectivity index (χ2n) is 6.93. The molecule has 25 heavy (non-hydrogen) atoms. The molecule has 7 nitrogen and oxygen atoms in total. The third-order valence-electron chi connectivity index (χ3n) is 5.33. The minimum atomic E-state index is -0.954. The maximum atomic E-state index is 12.8. The van der Waals surface area contributed by atoms with Crippen molar-refractivity contribution in [1.29, 1.82) is 0 Å². The molecule has 3 rings (SSSR count). The quantitative estimate of drug-likeness (QED) is 0.495. The van der Waals surface area contributed by atoms with Crippen LogP contribution >= 0.6 is 0 Å². The Morgan fingerprint density at radius 3 is 2.40 bits per heavy atom. The van der Waals surface area contributed by atoms with Gasteiger partial charge in [0.05, 0.1) is 16.8 Å². The first kappa shape index (κ1) is 17.1. The number of anilines is 1. The number of carboxylic acid groups (broad SMARTS) is 1. The molecule has 2 aliphatic rings. The number of carbonyl (C=O) groups is 2. The Hall–Kier alpha value is -2.70. The minimum absolute atomic E-state index is 0.0604. The highest BCUT2D eigenvalue weighted by Crippen LogP contribution is 2.57. The number of aliphatic carboxylic acids is 1. The molecule has 0 saturated heterocycles. The highest BCUT2D eigenvalue weighted by molar-refractivity contribution is 5.97. The highest BCUT2D eigenvalue weighted by atomic mass is 16.6. The number of non-ortho nitro benzene ring substituents is 1. The van der Waals surface area contributed by atoms with Crippen LogP contribution in [0.2, 0.25) is 0 Å². The largest absolute Gasteiger partial charge is 0.481 e. The van der Waals surface area contributed by atoms with Gasteiger partial charge in [-0.15, -0.1) is 0 Å². The molecule has 0 heterocycles. The van der Waals surface area contributed by atoms with E-state index >= 15 is 0 Å². The van der Waals surface area contributed by atoms with E-state index in [9.17, 15) is 24.8 Å². The lowest BCUT2D eigenvalue weighted by Gasteiger charge is -2.26. The van der Waals surface area contributed by atoms with Crippen molar-refractivity contribution in [1.82, 2.24) is 0 Å². The molecule has 132 valence electrons. The van der Waals surface area contributed by atoms with Crippen LogP contribution in [0.5, 0.6) is 0 Å². The third-order valence-corrected chi connectivity index (χ3v) is 5.33. The van der Waals surface area contributed by atoms with E-state index in [0.717, 1.165) is 24.0 Å². The van der Waals surface area contributed by atoms with Gasteiger partial charge in [-0.05, 0) is 44.6 Å². The van der Waals surface area contributed by atoms with Gasteiger partial charge in [0.15, 0.2) is 0 Å². The molecular weight excluding hydrogens is 324 g/mol. The smallest absolute Gasteiger partial charge is 0.307 e. The average molecular weight is 344 g/mol. The Balaban J connectivity index is 1.88. The number of nitrogens with one attached hydrogen (secondary N) is 1. The molecule has 2 aliphatic carbocycles. The van der Waals surface area contributed by atoms with Gasteiger partial charge < -0.3 is 10.4 Å². The fourth-order valence-electron chi connectivity index (χ4n) is 4.53. The standard InChI is InChI=1S/C18H20N2O5/c1-9(2)14-12-6-7-13(14)16(18(22)23)15(12)17(21)19-10-4-3-5-11(8-10)20(24)25/h3-5,8,12-13,15-16H,6-7H2,1-2H3,(H,19,21)(H,22,23)/t12-,13-,15-,16-/m1/s1. The summed E-state index contributed by atoms with van der Waals surface area (Å²) < 4.78 is 0. The van der Waals surface area contributed by atoms with Crippen LogP contribution in [-0.4, -0.2) is 21.9 Å². The van der Waals surface area contributed by atoms with Crippen LogP contribution in [-0.2, 0) is 9.59 Å². The number of nitro groups is 1. The Morgan fingerprint density at radius 2 is 1.84 bits per heavy atom. The number of carbonyl (C=O) groups excluding carboxylic acids is 1. The predicted octanol–water partition coefficient (Wildman–Crippen LogP) is 3.23. The van der Waals surface area contributed by atoms with E-state index in [0.29, 0.717) is 5.69 Å². The number of nitro benzene ring substituents is 1. The van der Waals surface area contributed by atoms with Crippen LogP contribution in [0.4, 0.5) is 11.4 Å². The Morgan fingerprint density at radius 1 is 1.20 bits per heavy atom. The van der Waals surface area contributed by atoms with Crippen LogP contribution in [0.1, 0.15) is 26.7 Å².